The number of anilines is 1. The molecule has 8 heteroatoms. The van der Waals surface area contributed by atoms with Crippen LogP contribution in [0.4, 0.5) is 5.69 Å². The number of fused-ring (bicyclic) bond motifs is 1. The summed E-state index contributed by atoms with van der Waals surface area (Å²) in [5.74, 6) is 0.865. The molecule has 7 nitrogen and oxygen atoms in total. The Morgan fingerprint density at radius 3 is 2.76 bits per heavy atom. The molecule has 0 amide bonds. The first-order valence-electron chi connectivity index (χ1n) is 8.42. The second-order valence-corrected chi connectivity index (χ2v) is 8.35. The molecule has 2 aromatic rings. The van der Waals surface area contributed by atoms with Crippen LogP contribution in [-0.4, -0.2) is 30.7 Å². The monoisotopic (exact) mass is 359 g/mol. The van der Waals surface area contributed by atoms with E-state index in [0.717, 1.165) is 16.8 Å². The number of aryl methyl sites for hydroxylation is 2. The average Bonchev–Trinajstić information content (AvgIpc) is 2.83. The van der Waals surface area contributed by atoms with Crippen LogP contribution in [0.1, 0.15) is 25.0 Å². The van der Waals surface area contributed by atoms with Crippen LogP contribution in [0, 0.1) is 12.8 Å². The van der Waals surface area contributed by atoms with Crippen LogP contribution in [0.3, 0.4) is 0 Å². The average molecular weight is 359 g/mol. The standard InChI is InChI=1S/C17H21N5O2S/c1-11-14(10-22(2)20-11)13-7-4-8-15-16(13)19-17(21-25(15,23)24)18-9-12-5-3-6-12/h4,7-8,10,12H,3,5-6,9H2,1-2H3,(H2,18,19,21). The van der Waals surface area contributed by atoms with Gasteiger partial charge in [-0.05, 0) is 31.7 Å². The van der Waals surface area contributed by atoms with Crippen LogP contribution in [-0.2, 0) is 17.1 Å². The molecule has 0 saturated heterocycles. The van der Waals surface area contributed by atoms with Gasteiger partial charge in [0, 0.05) is 30.9 Å². The maximum absolute atomic E-state index is 12.6. The number of aromatic nitrogens is 2. The summed E-state index contributed by atoms with van der Waals surface area (Å²) in [5, 5.41) is 7.55. The fraction of sp³-hybridized carbons (Fsp3) is 0.412. The lowest BCUT2D eigenvalue weighted by Crippen LogP contribution is -2.41. The molecular formula is C17H21N5O2S. The summed E-state index contributed by atoms with van der Waals surface area (Å²) in [4.78, 5) is 4.69. The van der Waals surface area contributed by atoms with Gasteiger partial charge in [0.2, 0.25) is 5.96 Å². The summed E-state index contributed by atoms with van der Waals surface area (Å²) in [6, 6.07) is 5.25. The van der Waals surface area contributed by atoms with Gasteiger partial charge in [0.15, 0.2) is 0 Å². The molecule has 25 heavy (non-hydrogen) atoms. The Morgan fingerprint density at radius 1 is 1.32 bits per heavy atom. The number of sulfonamides is 1. The molecule has 1 aromatic heterocycles. The Bertz CT molecular complexity index is 957. The SMILES string of the molecule is Cc1nn(C)cc1-c1cccc2c1NC(=NCC1CCC1)NS2(=O)=O. The number of guanidine groups is 1. The lowest BCUT2D eigenvalue weighted by atomic mass is 9.86. The summed E-state index contributed by atoms with van der Waals surface area (Å²) < 4.78 is 29.5. The summed E-state index contributed by atoms with van der Waals surface area (Å²) >= 11 is 0. The molecule has 0 unspecified atom stereocenters. The van der Waals surface area contributed by atoms with Crippen LogP contribution >= 0.6 is 0 Å². The van der Waals surface area contributed by atoms with Gasteiger partial charge in [-0.2, -0.15) is 5.10 Å². The van der Waals surface area contributed by atoms with E-state index in [4.69, 9.17) is 0 Å². The van der Waals surface area contributed by atoms with Gasteiger partial charge in [-0.25, -0.2) is 13.1 Å². The van der Waals surface area contributed by atoms with Crippen molar-refractivity contribution >= 4 is 21.7 Å². The van der Waals surface area contributed by atoms with E-state index in [1.165, 1.54) is 19.3 Å². The largest absolute Gasteiger partial charge is 0.324 e. The maximum Gasteiger partial charge on any atom is 0.266 e. The zero-order chi connectivity index (χ0) is 17.6. The van der Waals surface area contributed by atoms with Crippen LogP contribution < -0.4 is 10.0 Å². The molecule has 1 saturated carbocycles. The smallest absolute Gasteiger partial charge is 0.266 e. The van der Waals surface area contributed by atoms with E-state index in [0.29, 0.717) is 24.1 Å². The highest BCUT2D eigenvalue weighted by molar-refractivity contribution is 7.90. The third kappa shape index (κ3) is 2.90. The van der Waals surface area contributed by atoms with Crippen molar-refractivity contribution < 1.29 is 8.42 Å². The lowest BCUT2D eigenvalue weighted by Gasteiger charge is -2.26. The van der Waals surface area contributed by atoms with Crippen LogP contribution in [0.15, 0.2) is 34.3 Å². The molecule has 1 aliphatic heterocycles. The molecule has 0 spiro atoms. The van der Waals surface area contributed by atoms with Gasteiger partial charge in [0.05, 0.1) is 11.4 Å². The molecule has 132 valence electrons. The highest BCUT2D eigenvalue weighted by Gasteiger charge is 2.29. The molecule has 0 atom stereocenters. The van der Waals surface area contributed by atoms with Crippen molar-refractivity contribution in [2.75, 3.05) is 11.9 Å². The molecule has 1 fully saturated rings. The van der Waals surface area contributed by atoms with E-state index in [9.17, 15) is 8.42 Å². The predicted octanol–water partition coefficient (Wildman–Crippen LogP) is 2.26. The van der Waals surface area contributed by atoms with Crippen molar-refractivity contribution in [2.24, 2.45) is 18.0 Å². The Balaban J connectivity index is 1.78. The van der Waals surface area contributed by atoms with Crippen molar-refractivity contribution in [1.82, 2.24) is 14.5 Å². The van der Waals surface area contributed by atoms with Gasteiger partial charge >= 0.3 is 0 Å². The highest BCUT2D eigenvalue weighted by atomic mass is 32.2. The summed E-state index contributed by atoms with van der Waals surface area (Å²) in [6.45, 7) is 2.56. The fourth-order valence-electron chi connectivity index (χ4n) is 3.27. The zero-order valence-corrected chi connectivity index (χ0v) is 15.1. The summed E-state index contributed by atoms with van der Waals surface area (Å²) in [6.07, 6.45) is 5.47. The first-order chi connectivity index (χ1) is 11.9. The molecule has 1 aromatic carbocycles. The van der Waals surface area contributed by atoms with E-state index >= 15 is 0 Å². The number of benzene rings is 1. The molecule has 4 rings (SSSR count). The van der Waals surface area contributed by atoms with Gasteiger partial charge in [0.25, 0.3) is 10.0 Å². The first-order valence-corrected chi connectivity index (χ1v) is 9.90. The van der Waals surface area contributed by atoms with Gasteiger partial charge < -0.3 is 5.32 Å². The second kappa shape index (κ2) is 5.87. The fourth-order valence-corrected chi connectivity index (χ4v) is 4.43. The number of hydrogen-bond donors (Lipinski definition) is 2. The summed E-state index contributed by atoms with van der Waals surface area (Å²) in [7, 11) is -1.78. The van der Waals surface area contributed by atoms with Crippen molar-refractivity contribution in [2.45, 2.75) is 31.1 Å². The number of aliphatic imine (C=N–C) groups is 1. The lowest BCUT2D eigenvalue weighted by molar-refractivity contribution is 0.326. The Labute approximate surface area is 147 Å². The van der Waals surface area contributed by atoms with Crippen LogP contribution in [0.2, 0.25) is 0 Å². The topological polar surface area (TPSA) is 88.4 Å². The Kier molecular flexibility index (Phi) is 3.79. The van der Waals surface area contributed by atoms with Crippen molar-refractivity contribution in [3.05, 3.63) is 30.1 Å². The molecule has 0 radical (unpaired) electrons. The van der Waals surface area contributed by atoms with Gasteiger partial charge in [-0.15, -0.1) is 0 Å². The van der Waals surface area contributed by atoms with Crippen molar-refractivity contribution in [1.29, 1.82) is 0 Å². The highest BCUT2D eigenvalue weighted by Crippen LogP contribution is 2.36. The quantitative estimate of drug-likeness (QED) is 0.880. The van der Waals surface area contributed by atoms with E-state index in [-0.39, 0.29) is 4.90 Å². The molecule has 0 bridgehead atoms. The molecular weight excluding hydrogens is 338 g/mol. The van der Waals surface area contributed by atoms with Gasteiger partial charge in [-0.1, -0.05) is 18.6 Å². The number of nitrogens with zero attached hydrogens (tertiary/aromatic N) is 3. The second-order valence-electron chi connectivity index (χ2n) is 6.70. The molecule has 1 aliphatic carbocycles. The number of para-hydroxylation sites is 1. The van der Waals surface area contributed by atoms with Crippen LogP contribution in [0.25, 0.3) is 11.1 Å². The van der Waals surface area contributed by atoms with E-state index in [1.54, 1.807) is 16.8 Å². The van der Waals surface area contributed by atoms with E-state index < -0.39 is 10.0 Å². The molecule has 2 aliphatic rings. The number of rotatable bonds is 3. The van der Waals surface area contributed by atoms with E-state index in [2.05, 4.69) is 20.1 Å². The number of hydrogen-bond acceptors (Lipinski definition) is 4. The minimum absolute atomic E-state index is 0.232. The van der Waals surface area contributed by atoms with Crippen molar-refractivity contribution in [3.63, 3.8) is 0 Å². The number of nitrogens with one attached hydrogen (secondary N) is 2. The minimum atomic E-state index is -3.63. The third-order valence-electron chi connectivity index (χ3n) is 4.83. The van der Waals surface area contributed by atoms with Gasteiger partial charge in [-0.3, -0.25) is 9.67 Å². The predicted molar refractivity (Wildman–Crippen MR) is 97.0 cm³/mol. The van der Waals surface area contributed by atoms with E-state index in [1.807, 2.05) is 26.2 Å². The normalized spacial score (nSPS) is 20.5. The zero-order valence-electron chi connectivity index (χ0n) is 14.3. The first kappa shape index (κ1) is 16.1. The third-order valence-corrected chi connectivity index (χ3v) is 6.21. The maximum atomic E-state index is 12.6. The van der Waals surface area contributed by atoms with Crippen LogP contribution in [0.5, 0.6) is 0 Å². The minimum Gasteiger partial charge on any atom is -0.324 e. The summed E-state index contributed by atoms with van der Waals surface area (Å²) in [5.41, 5.74) is 3.12. The molecule has 2 heterocycles. The van der Waals surface area contributed by atoms with Crippen molar-refractivity contribution in [3.8, 4) is 11.1 Å². The Morgan fingerprint density at radius 2 is 2.12 bits per heavy atom. The molecule has 2 N–H and O–H groups in total. The van der Waals surface area contributed by atoms with Gasteiger partial charge in [0.1, 0.15) is 4.90 Å². The Hall–Kier alpha value is -2.35.